The molecular weight excluding hydrogens is 106 g/mol. The van der Waals surface area contributed by atoms with Crippen molar-refractivity contribution in [2.24, 2.45) is 0 Å². The van der Waals surface area contributed by atoms with E-state index in [1.54, 1.807) is 0 Å². The van der Waals surface area contributed by atoms with Crippen LogP contribution in [0.1, 0.15) is 6.92 Å². The molecule has 3 heteroatoms. The summed E-state index contributed by atoms with van der Waals surface area (Å²) >= 11 is 0. The van der Waals surface area contributed by atoms with Crippen molar-refractivity contribution in [1.82, 2.24) is 5.06 Å². The number of amides is 1. The lowest BCUT2D eigenvalue weighted by Gasteiger charge is -2.13. The van der Waals surface area contributed by atoms with Crippen LogP contribution in [0.4, 0.5) is 0 Å². The SMILES string of the molecule is [CH2]C(=O)N(CC)OC. The van der Waals surface area contributed by atoms with Crippen LogP contribution in [-0.2, 0) is 9.63 Å². The third-order valence-electron chi connectivity index (χ3n) is 0.786. The van der Waals surface area contributed by atoms with E-state index in [9.17, 15) is 4.79 Å². The molecule has 1 amide bonds. The summed E-state index contributed by atoms with van der Waals surface area (Å²) in [5.41, 5.74) is 0. The summed E-state index contributed by atoms with van der Waals surface area (Å²) < 4.78 is 0. The van der Waals surface area contributed by atoms with Gasteiger partial charge in [-0.3, -0.25) is 9.63 Å². The molecule has 0 heterocycles. The molecule has 0 aliphatic heterocycles. The zero-order valence-corrected chi connectivity index (χ0v) is 5.18. The first-order chi connectivity index (χ1) is 3.72. The molecule has 3 nitrogen and oxygen atoms in total. The van der Waals surface area contributed by atoms with Gasteiger partial charge in [-0.1, -0.05) is 0 Å². The fourth-order valence-corrected chi connectivity index (χ4v) is 0.407. The van der Waals surface area contributed by atoms with Gasteiger partial charge in [-0.2, -0.15) is 0 Å². The van der Waals surface area contributed by atoms with Crippen molar-refractivity contribution in [2.45, 2.75) is 6.92 Å². The molecule has 0 bridgehead atoms. The summed E-state index contributed by atoms with van der Waals surface area (Å²) in [5, 5.41) is 1.17. The van der Waals surface area contributed by atoms with E-state index < -0.39 is 0 Å². The van der Waals surface area contributed by atoms with Gasteiger partial charge in [0.25, 0.3) is 0 Å². The Balaban J connectivity index is 3.52. The Labute approximate surface area is 49.2 Å². The second-order valence-corrected chi connectivity index (χ2v) is 1.27. The van der Waals surface area contributed by atoms with Crippen LogP contribution in [0, 0.1) is 6.92 Å². The second kappa shape index (κ2) is 3.43. The zero-order chi connectivity index (χ0) is 6.57. The molecule has 0 aromatic rings. The molecule has 0 aromatic heterocycles. The lowest BCUT2D eigenvalue weighted by atomic mass is 10.6. The molecular formula is C5H10NO2. The average molecular weight is 116 g/mol. The monoisotopic (exact) mass is 116 g/mol. The number of hydrogen-bond donors (Lipinski definition) is 0. The summed E-state index contributed by atoms with van der Waals surface area (Å²) in [6.07, 6.45) is 0. The highest BCUT2D eigenvalue weighted by atomic mass is 16.7. The average Bonchev–Trinajstić information content (AvgIpc) is 1.69. The Morgan fingerprint density at radius 1 is 1.88 bits per heavy atom. The maximum Gasteiger partial charge on any atom is 0.246 e. The highest BCUT2D eigenvalue weighted by molar-refractivity contribution is 5.79. The minimum absolute atomic E-state index is 0.310. The number of hydroxylamine groups is 2. The van der Waals surface area contributed by atoms with Gasteiger partial charge in [0, 0.05) is 13.5 Å². The van der Waals surface area contributed by atoms with E-state index in [1.807, 2.05) is 6.92 Å². The fraction of sp³-hybridized carbons (Fsp3) is 0.600. The van der Waals surface area contributed by atoms with Gasteiger partial charge in [-0.25, -0.2) is 5.06 Å². The molecule has 0 fully saturated rings. The van der Waals surface area contributed by atoms with Gasteiger partial charge in [-0.15, -0.1) is 0 Å². The van der Waals surface area contributed by atoms with Gasteiger partial charge in [0.1, 0.15) is 0 Å². The summed E-state index contributed by atoms with van der Waals surface area (Å²) in [6.45, 7) is 5.50. The van der Waals surface area contributed by atoms with Gasteiger partial charge >= 0.3 is 0 Å². The molecule has 0 atom stereocenters. The lowest BCUT2D eigenvalue weighted by Crippen LogP contribution is -2.26. The lowest BCUT2D eigenvalue weighted by molar-refractivity contribution is -0.169. The molecule has 0 saturated carbocycles. The van der Waals surface area contributed by atoms with Crippen LogP contribution in [0.25, 0.3) is 0 Å². The quantitative estimate of drug-likeness (QED) is 0.483. The highest BCUT2D eigenvalue weighted by Gasteiger charge is 2.01. The molecule has 0 rings (SSSR count). The third kappa shape index (κ3) is 1.93. The molecule has 0 saturated heterocycles. The van der Waals surface area contributed by atoms with Crippen molar-refractivity contribution in [3.8, 4) is 0 Å². The van der Waals surface area contributed by atoms with Crippen molar-refractivity contribution < 1.29 is 9.63 Å². The van der Waals surface area contributed by atoms with Crippen LogP contribution in [-0.4, -0.2) is 24.6 Å². The predicted octanol–water partition coefficient (Wildman–Crippen LogP) is 0.230. The summed E-state index contributed by atoms with van der Waals surface area (Å²) in [7, 11) is 1.44. The molecule has 47 valence electrons. The number of hydrogen-bond acceptors (Lipinski definition) is 2. The Bertz CT molecular complexity index is 78.5. The maximum absolute atomic E-state index is 10.3. The minimum Gasteiger partial charge on any atom is -0.274 e. The van der Waals surface area contributed by atoms with Crippen LogP contribution in [0.2, 0.25) is 0 Å². The van der Waals surface area contributed by atoms with Gasteiger partial charge in [-0.05, 0) is 6.92 Å². The Kier molecular flexibility index (Phi) is 3.19. The summed E-state index contributed by atoms with van der Waals surface area (Å²) in [4.78, 5) is 14.9. The van der Waals surface area contributed by atoms with E-state index in [-0.39, 0.29) is 5.91 Å². The molecule has 0 unspecified atom stereocenters. The van der Waals surface area contributed by atoms with Crippen LogP contribution >= 0.6 is 0 Å². The zero-order valence-electron chi connectivity index (χ0n) is 5.18. The number of carbonyl (C=O) groups is 1. The standard InChI is InChI=1S/C5H10NO2/c1-4-6(8-3)5(2)7/h2,4H2,1,3H3. The molecule has 0 spiro atoms. The van der Waals surface area contributed by atoms with E-state index in [0.717, 1.165) is 0 Å². The van der Waals surface area contributed by atoms with Crippen LogP contribution in [0.15, 0.2) is 0 Å². The second-order valence-electron chi connectivity index (χ2n) is 1.27. The van der Waals surface area contributed by atoms with Crippen molar-refractivity contribution >= 4 is 5.91 Å². The van der Waals surface area contributed by atoms with E-state index in [0.29, 0.717) is 6.54 Å². The first-order valence-electron chi connectivity index (χ1n) is 2.40. The third-order valence-corrected chi connectivity index (χ3v) is 0.786. The molecule has 0 aliphatic rings. The summed E-state index contributed by atoms with van der Waals surface area (Å²) in [6, 6.07) is 0. The van der Waals surface area contributed by atoms with Crippen molar-refractivity contribution in [3.05, 3.63) is 6.92 Å². The number of carbonyl (C=O) groups excluding carboxylic acids is 1. The van der Waals surface area contributed by atoms with Crippen molar-refractivity contribution in [3.63, 3.8) is 0 Å². The van der Waals surface area contributed by atoms with Gasteiger partial charge in [0.2, 0.25) is 5.91 Å². The Morgan fingerprint density at radius 3 is 2.38 bits per heavy atom. The molecule has 1 radical (unpaired) electrons. The smallest absolute Gasteiger partial charge is 0.246 e. The van der Waals surface area contributed by atoms with E-state index in [4.69, 9.17) is 0 Å². The highest BCUT2D eigenvalue weighted by Crippen LogP contribution is 1.85. The maximum atomic E-state index is 10.3. The fourth-order valence-electron chi connectivity index (χ4n) is 0.407. The topological polar surface area (TPSA) is 29.5 Å². The van der Waals surface area contributed by atoms with Crippen molar-refractivity contribution in [1.29, 1.82) is 0 Å². The molecule has 0 aromatic carbocycles. The van der Waals surface area contributed by atoms with Crippen LogP contribution in [0.3, 0.4) is 0 Å². The summed E-state index contributed by atoms with van der Waals surface area (Å²) in [5.74, 6) is -0.310. The Hall–Kier alpha value is -0.570. The largest absolute Gasteiger partial charge is 0.274 e. The first-order valence-corrected chi connectivity index (χ1v) is 2.40. The van der Waals surface area contributed by atoms with E-state index in [1.165, 1.54) is 12.2 Å². The van der Waals surface area contributed by atoms with Crippen molar-refractivity contribution in [2.75, 3.05) is 13.7 Å². The van der Waals surface area contributed by atoms with Crippen LogP contribution in [0.5, 0.6) is 0 Å². The van der Waals surface area contributed by atoms with Gasteiger partial charge in [0.05, 0.1) is 7.11 Å². The molecule has 0 N–H and O–H groups in total. The minimum atomic E-state index is -0.310. The number of nitrogens with zero attached hydrogens (tertiary/aromatic N) is 1. The molecule has 8 heavy (non-hydrogen) atoms. The predicted molar refractivity (Wildman–Crippen MR) is 29.8 cm³/mol. The molecule has 0 aliphatic carbocycles. The Morgan fingerprint density at radius 2 is 2.38 bits per heavy atom. The van der Waals surface area contributed by atoms with Crippen LogP contribution < -0.4 is 0 Å². The number of rotatable bonds is 2. The first kappa shape index (κ1) is 7.43. The van der Waals surface area contributed by atoms with Gasteiger partial charge in [0.15, 0.2) is 0 Å². The van der Waals surface area contributed by atoms with E-state index in [2.05, 4.69) is 11.8 Å². The van der Waals surface area contributed by atoms with E-state index >= 15 is 0 Å². The van der Waals surface area contributed by atoms with Gasteiger partial charge < -0.3 is 0 Å². The normalized spacial score (nSPS) is 8.88.